The monoisotopic (exact) mass is 237 g/mol. The second-order valence-corrected chi connectivity index (χ2v) is 4.87. The first kappa shape index (κ1) is 16.4. The van der Waals surface area contributed by atoms with Gasteiger partial charge in [-0.1, -0.05) is 49.5 Å². The lowest BCUT2D eigenvalue weighted by molar-refractivity contribution is 0.221. The van der Waals surface area contributed by atoms with E-state index < -0.39 is 0 Å². The van der Waals surface area contributed by atoms with Crippen LogP contribution in [0, 0.1) is 6.61 Å². The van der Waals surface area contributed by atoms with Gasteiger partial charge in [0.1, 0.15) is 0 Å². The maximum atomic E-state index is 5.46. The fourth-order valence-electron chi connectivity index (χ4n) is 1.51. The standard InChI is InChI=1S/C16H29O/c1-5-6-7-8-13-17-14-12-16(4)11-9-10-15(2)3/h10,12-13H,5-9,11,14H2,1-4H3/b16-12+. The van der Waals surface area contributed by atoms with Crippen molar-refractivity contribution < 1.29 is 4.74 Å². The van der Waals surface area contributed by atoms with Gasteiger partial charge in [0.2, 0.25) is 0 Å². The van der Waals surface area contributed by atoms with E-state index in [0.717, 1.165) is 25.9 Å². The molecular weight excluding hydrogens is 208 g/mol. The van der Waals surface area contributed by atoms with E-state index in [0.29, 0.717) is 0 Å². The fourth-order valence-corrected chi connectivity index (χ4v) is 1.51. The number of unbranched alkanes of at least 4 members (excludes halogenated alkanes) is 3. The van der Waals surface area contributed by atoms with Gasteiger partial charge in [-0.25, -0.2) is 0 Å². The SMILES string of the molecule is CCCCC[CH]OC/C=C(\C)CCC=C(C)C. The van der Waals surface area contributed by atoms with Crippen LogP contribution in [0.5, 0.6) is 0 Å². The summed E-state index contributed by atoms with van der Waals surface area (Å²) >= 11 is 0. The second kappa shape index (κ2) is 11.9. The average Bonchev–Trinajstić information content (AvgIpc) is 2.27. The van der Waals surface area contributed by atoms with Crippen LogP contribution < -0.4 is 0 Å². The van der Waals surface area contributed by atoms with Crippen molar-refractivity contribution in [3.63, 3.8) is 0 Å². The molecule has 1 nitrogen and oxygen atoms in total. The van der Waals surface area contributed by atoms with Crippen molar-refractivity contribution in [3.8, 4) is 0 Å². The van der Waals surface area contributed by atoms with Crippen molar-refractivity contribution >= 4 is 0 Å². The van der Waals surface area contributed by atoms with Crippen LogP contribution in [0.15, 0.2) is 23.3 Å². The Morgan fingerprint density at radius 2 is 1.76 bits per heavy atom. The van der Waals surface area contributed by atoms with Gasteiger partial charge < -0.3 is 4.74 Å². The summed E-state index contributed by atoms with van der Waals surface area (Å²) in [6.45, 7) is 11.4. The topological polar surface area (TPSA) is 9.23 Å². The molecule has 1 heteroatoms. The zero-order chi connectivity index (χ0) is 12.9. The number of allylic oxidation sites excluding steroid dienone is 3. The smallest absolute Gasteiger partial charge is 0.0841 e. The highest BCUT2D eigenvalue weighted by molar-refractivity contribution is 5.02. The third-order valence-electron chi connectivity index (χ3n) is 2.66. The lowest BCUT2D eigenvalue weighted by Crippen LogP contribution is -1.90. The van der Waals surface area contributed by atoms with Crippen LogP contribution in [-0.4, -0.2) is 6.61 Å². The van der Waals surface area contributed by atoms with E-state index in [4.69, 9.17) is 4.74 Å². The molecule has 0 aliphatic heterocycles. The van der Waals surface area contributed by atoms with Crippen LogP contribution in [0.3, 0.4) is 0 Å². The molecule has 0 amide bonds. The molecule has 0 aromatic carbocycles. The molecule has 0 atom stereocenters. The fraction of sp³-hybridized carbons (Fsp3) is 0.688. The van der Waals surface area contributed by atoms with Gasteiger partial charge in [0, 0.05) is 0 Å². The largest absolute Gasteiger partial charge is 0.371 e. The minimum Gasteiger partial charge on any atom is -0.371 e. The van der Waals surface area contributed by atoms with E-state index in [9.17, 15) is 0 Å². The van der Waals surface area contributed by atoms with Gasteiger partial charge in [-0.2, -0.15) is 0 Å². The lowest BCUT2D eigenvalue weighted by Gasteiger charge is -2.02. The molecule has 0 aromatic heterocycles. The molecule has 99 valence electrons. The van der Waals surface area contributed by atoms with Gasteiger partial charge >= 0.3 is 0 Å². The Morgan fingerprint density at radius 1 is 1.00 bits per heavy atom. The van der Waals surface area contributed by atoms with Gasteiger partial charge in [0.25, 0.3) is 0 Å². The summed E-state index contributed by atoms with van der Waals surface area (Å²) in [6, 6.07) is 0. The molecule has 0 aromatic rings. The van der Waals surface area contributed by atoms with Crippen molar-refractivity contribution in [2.45, 2.75) is 66.2 Å². The van der Waals surface area contributed by atoms with Crippen LogP contribution in [0.4, 0.5) is 0 Å². The summed E-state index contributed by atoms with van der Waals surface area (Å²) in [6.07, 6.45) is 11.7. The van der Waals surface area contributed by atoms with Crippen LogP contribution in [0.25, 0.3) is 0 Å². The highest BCUT2D eigenvalue weighted by Gasteiger charge is 1.91. The summed E-state index contributed by atoms with van der Waals surface area (Å²) in [4.78, 5) is 0. The summed E-state index contributed by atoms with van der Waals surface area (Å²) in [7, 11) is 0. The predicted molar refractivity (Wildman–Crippen MR) is 76.8 cm³/mol. The van der Waals surface area contributed by atoms with Crippen molar-refractivity contribution in [2.75, 3.05) is 6.61 Å². The van der Waals surface area contributed by atoms with E-state index in [1.165, 1.54) is 30.4 Å². The molecule has 0 fully saturated rings. The minimum absolute atomic E-state index is 0.729. The number of rotatable bonds is 10. The zero-order valence-corrected chi connectivity index (χ0v) is 12.1. The van der Waals surface area contributed by atoms with Crippen molar-refractivity contribution in [1.29, 1.82) is 0 Å². The Labute approximate surface area is 108 Å². The molecule has 0 spiro atoms. The highest BCUT2D eigenvalue weighted by Crippen LogP contribution is 2.07. The molecule has 0 aliphatic rings. The second-order valence-electron chi connectivity index (χ2n) is 4.87. The molecule has 0 unspecified atom stereocenters. The highest BCUT2D eigenvalue weighted by atomic mass is 16.5. The number of hydrogen-bond acceptors (Lipinski definition) is 1. The Morgan fingerprint density at radius 3 is 2.41 bits per heavy atom. The van der Waals surface area contributed by atoms with Gasteiger partial charge in [-0.3, -0.25) is 0 Å². The quantitative estimate of drug-likeness (QED) is 0.363. The summed E-state index contributed by atoms with van der Waals surface area (Å²) in [5, 5.41) is 0. The predicted octanol–water partition coefficient (Wildman–Crippen LogP) is 5.44. The molecule has 0 rings (SSSR count). The molecule has 0 saturated carbocycles. The zero-order valence-electron chi connectivity index (χ0n) is 12.1. The first-order valence-electron chi connectivity index (χ1n) is 6.89. The first-order chi connectivity index (χ1) is 8.16. The minimum atomic E-state index is 0.729. The Bertz CT molecular complexity index is 222. The van der Waals surface area contributed by atoms with Crippen LogP contribution in [0.2, 0.25) is 0 Å². The third kappa shape index (κ3) is 13.4. The molecule has 1 radical (unpaired) electrons. The van der Waals surface area contributed by atoms with Gasteiger partial charge in [0.15, 0.2) is 0 Å². The van der Waals surface area contributed by atoms with E-state index in [1.54, 1.807) is 0 Å². The molecule has 17 heavy (non-hydrogen) atoms. The summed E-state index contributed by atoms with van der Waals surface area (Å²) < 4.78 is 5.46. The molecule has 0 heterocycles. The Balaban J connectivity index is 3.40. The molecule has 0 bridgehead atoms. The summed E-state index contributed by atoms with van der Waals surface area (Å²) in [5.41, 5.74) is 2.82. The average molecular weight is 237 g/mol. The van der Waals surface area contributed by atoms with Gasteiger partial charge in [-0.05, 0) is 40.0 Å². The van der Waals surface area contributed by atoms with Crippen molar-refractivity contribution in [3.05, 3.63) is 29.9 Å². The van der Waals surface area contributed by atoms with Crippen LogP contribution in [0.1, 0.15) is 66.2 Å². The summed E-state index contributed by atoms with van der Waals surface area (Å²) in [5.74, 6) is 0. The molecule has 0 N–H and O–H groups in total. The van der Waals surface area contributed by atoms with Gasteiger partial charge in [-0.15, -0.1) is 0 Å². The van der Waals surface area contributed by atoms with Crippen LogP contribution >= 0.6 is 0 Å². The molecular formula is C16H29O. The van der Waals surface area contributed by atoms with Crippen molar-refractivity contribution in [2.24, 2.45) is 0 Å². The maximum Gasteiger partial charge on any atom is 0.0841 e. The first-order valence-corrected chi connectivity index (χ1v) is 6.89. The number of hydrogen-bond donors (Lipinski definition) is 0. The Kier molecular flexibility index (Phi) is 11.5. The normalized spacial score (nSPS) is 11.6. The van der Waals surface area contributed by atoms with E-state index in [1.807, 2.05) is 6.61 Å². The lowest BCUT2D eigenvalue weighted by atomic mass is 10.1. The van der Waals surface area contributed by atoms with E-state index >= 15 is 0 Å². The van der Waals surface area contributed by atoms with Crippen LogP contribution in [-0.2, 0) is 4.74 Å². The Hall–Kier alpha value is -0.560. The molecule has 0 saturated heterocycles. The maximum absolute atomic E-state index is 5.46. The van der Waals surface area contributed by atoms with E-state index in [2.05, 4.69) is 39.8 Å². The van der Waals surface area contributed by atoms with Crippen molar-refractivity contribution in [1.82, 2.24) is 0 Å². The third-order valence-corrected chi connectivity index (χ3v) is 2.66. The molecule has 0 aliphatic carbocycles. The number of ether oxygens (including phenoxy) is 1. The van der Waals surface area contributed by atoms with Gasteiger partial charge in [0.05, 0.1) is 13.2 Å². The van der Waals surface area contributed by atoms with E-state index in [-0.39, 0.29) is 0 Å².